The van der Waals surface area contributed by atoms with E-state index in [4.69, 9.17) is 42.5 Å². The number of fused-ring (bicyclic) bond motifs is 1. The zero-order chi connectivity index (χ0) is 22.0. The largest absolute Gasteiger partial charge is 0.342 e. The molecule has 1 fully saturated rings. The summed E-state index contributed by atoms with van der Waals surface area (Å²) in [7, 11) is 0. The number of ether oxygens (including phenoxy) is 2. The molecule has 0 spiro atoms. The summed E-state index contributed by atoms with van der Waals surface area (Å²) < 4.78 is 15.4. The van der Waals surface area contributed by atoms with Crippen molar-refractivity contribution in [2.24, 2.45) is 0 Å². The predicted molar refractivity (Wildman–Crippen MR) is 122 cm³/mol. The van der Waals surface area contributed by atoms with E-state index in [-0.39, 0.29) is 19.3 Å². The Kier molecular flexibility index (Phi) is 6.43. The van der Waals surface area contributed by atoms with Crippen molar-refractivity contribution in [2.75, 3.05) is 13.2 Å². The van der Waals surface area contributed by atoms with Gasteiger partial charge in [0.1, 0.15) is 24.3 Å². The van der Waals surface area contributed by atoms with Crippen LogP contribution in [0.5, 0.6) is 0 Å². The Morgan fingerprint density at radius 3 is 2.78 bits per heavy atom. The van der Waals surface area contributed by atoms with Crippen molar-refractivity contribution >= 4 is 44.8 Å². The number of thiazole rings is 1. The van der Waals surface area contributed by atoms with Gasteiger partial charge in [0.2, 0.25) is 5.79 Å². The maximum atomic E-state index is 6.32. The lowest BCUT2D eigenvalue weighted by atomic mass is 10.1. The van der Waals surface area contributed by atoms with Crippen molar-refractivity contribution in [1.82, 2.24) is 14.5 Å². The molecule has 166 valence electrons. The fraction of sp³-hybridized carbons (Fsp3) is 0.273. The molecule has 2 aromatic carbocycles. The molecule has 7 nitrogen and oxygen atoms in total. The first-order valence-corrected chi connectivity index (χ1v) is 11.5. The minimum Gasteiger partial charge on any atom is -0.342 e. The van der Waals surface area contributed by atoms with Crippen molar-refractivity contribution in [3.05, 3.63) is 81.8 Å². The number of hydrogen-bond donors (Lipinski definition) is 0. The van der Waals surface area contributed by atoms with E-state index in [1.165, 1.54) is 11.3 Å². The summed E-state index contributed by atoms with van der Waals surface area (Å²) in [5.74, 6) is -0.967. The van der Waals surface area contributed by atoms with Crippen LogP contribution >= 0.6 is 34.5 Å². The molecule has 1 aliphatic heterocycles. The van der Waals surface area contributed by atoms with E-state index < -0.39 is 5.79 Å². The van der Waals surface area contributed by atoms with E-state index in [1.807, 2.05) is 53.2 Å². The van der Waals surface area contributed by atoms with Gasteiger partial charge in [-0.2, -0.15) is 0 Å². The van der Waals surface area contributed by atoms with Gasteiger partial charge in [-0.05, 0) is 30.3 Å². The van der Waals surface area contributed by atoms with Crippen LogP contribution in [0.15, 0.2) is 61.2 Å². The van der Waals surface area contributed by atoms with Crippen LogP contribution in [0.1, 0.15) is 10.6 Å². The van der Waals surface area contributed by atoms with Crippen LogP contribution in [0, 0.1) is 0 Å². The maximum absolute atomic E-state index is 6.32. The molecular formula is C22H19Cl2N3O4S. The SMILES string of the molecule is Clc1ccc([C@]2(Cn3ccnc3)OC[C@@H](COOCc3nc4ccc(Cl)cc4s3)O2)cc1. The summed E-state index contributed by atoms with van der Waals surface area (Å²) in [6.07, 6.45) is 5.00. The van der Waals surface area contributed by atoms with Crippen molar-refractivity contribution < 1.29 is 19.2 Å². The van der Waals surface area contributed by atoms with Gasteiger partial charge in [-0.1, -0.05) is 35.3 Å². The number of hydrogen-bond acceptors (Lipinski definition) is 7. The van der Waals surface area contributed by atoms with E-state index in [0.29, 0.717) is 23.2 Å². The maximum Gasteiger partial charge on any atom is 0.214 e. The fourth-order valence-electron chi connectivity index (χ4n) is 3.52. The first kappa shape index (κ1) is 21.8. The minimum absolute atomic E-state index is 0.218. The Hall–Kier alpha value is -2.04. The quantitative estimate of drug-likeness (QED) is 0.191. The molecule has 0 radical (unpaired) electrons. The van der Waals surface area contributed by atoms with Crippen LogP contribution in [0.4, 0.5) is 0 Å². The van der Waals surface area contributed by atoms with Gasteiger partial charge < -0.3 is 14.0 Å². The van der Waals surface area contributed by atoms with Gasteiger partial charge in [0, 0.05) is 28.0 Å². The second kappa shape index (κ2) is 9.44. The Morgan fingerprint density at radius 1 is 1.12 bits per heavy atom. The van der Waals surface area contributed by atoms with Crippen LogP contribution in [-0.2, 0) is 38.2 Å². The molecule has 0 saturated carbocycles. The number of imidazole rings is 1. The van der Waals surface area contributed by atoms with E-state index >= 15 is 0 Å². The summed E-state index contributed by atoms with van der Waals surface area (Å²) in [4.78, 5) is 19.4. The molecule has 2 atom stereocenters. The number of benzene rings is 2. The van der Waals surface area contributed by atoms with Gasteiger partial charge in [-0.25, -0.2) is 19.7 Å². The van der Waals surface area contributed by atoms with Crippen LogP contribution in [0.2, 0.25) is 10.0 Å². The summed E-state index contributed by atoms with van der Waals surface area (Å²) >= 11 is 13.6. The molecular weight excluding hydrogens is 473 g/mol. The van der Waals surface area contributed by atoms with Crippen LogP contribution in [0.3, 0.4) is 0 Å². The molecule has 4 aromatic rings. The van der Waals surface area contributed by atoms with E-state index in [0.717, 1.165) is 20.8 Å². The molecule has 0 N–H and O–H groups in total. The van der Waals surface area contributed by atoms with Gasteiger partial charge in [-0.15, -0.1) is 11.3 Å². The predicted octanol–water partition coefficient (Wildman–Crippen LogP) is 5.22. The van der Waals surface area contributed by atoms with Gasteiger partial charge >= 0.3 is 0 Å². The topological polar surface area (TPSA) is 67.6 Å². The Labute approximate surface area is 198 Å². The summed E-state index contributed by atoms with van der Waals surface area (Å²) in [6.45, 7) is 1.26. The molecule has 10 heteroatoms. The van der Waals surface area contributed by atoms with Crippen molar-refractivity contribution in [1.29, 1.82) is 0 Å². The number of rotatable bonds is 8. The summed E-state index contributed by atoms with van der Waals surface area (Å²) in [6, 6.07) is 13.0. The minimum atomic E-state index is -0.967. The molecule has 0 bridgehead atoms. The second-order valence-electron chi connectivity index (χ2n) is 7.31. The molecule has 32 heavy (non-hydrogen) atoms. The molecule has 2 aromatic heterocycles. The highest BCUT2D eigenvalue weighted by atomic mass is 35.5. The third-order valence-corrected chi connectivity index (χ3v) is 6.49. The average Bonchev–Trinajstić information content (AvgIpc) is 3.52. The zero-order valence-corrected chi connectivity index (χ0v) is 19.1. The smallest absolute Gasteiger partial charge is 0.214 e. The molecule has 3 heterocycles. The molecule has 1 saturated heterocycles. The molecule has 5 rings (SSSR count). The highest BCUT2D eigenvalue weighted by Crippen LogP contribution is 2.37. The lowest BCUT2D eigenvalue weighted by Gasteiger charge is -2.29. The van der Waals surface area contributed by atoms with E-state index in [2.05, 4.69) is 9.97 Å². The highest BCUT2D eigenvalue weighted by molar-refractivity contribution is 7.18. The first-order valence-electron chi connectivity index (χ1n) is 9.93. The van der Waals surface area contributed by atoms with Crippen LogP contribution in [0.25, 0.3) is 10.2 Å². The molecule has 0 aliphatic carbocycles. The van der Waals surface area contributed by atoms with Crippen LogP contribution in [-0.4, -0.2) is 33.9 Å². The van der Waals surface area contributed by atoms with E-state index in [9.17, 15) is 0 Å². The van der Waals surface area contributed by atoms with Gasteiger partial charge in [0.25, 0.3) is 0 Å². The lowest BCUT2D eigenvalue weighted by molar-refractivity contribution is -0.317. The van der Waals surface area contributed by atoms with Crippen LogP contribution < -0.4 is 0 Å². The van der Waals surface area contributed by atoms with Crippen molar-refractivity contribution in [3.8, 4) is 0 Å². The Morgan fingerprint density at radius 2 is 1.97 bits per heavy atom. The monoisotopic (exact) mass is 491 g/mol. The molecule has 0 unspecified atom stereocenters. The third kappa shape index (κ3) is 4.82. The molecule has 0 amide bonds. The number of halogens is 2. The average molecular weight is 492 g/mol. The Balaban J connectivity index is 1.20. The van der Waals surface area contributed by atoms with Gasteiger partial charge in [-0.3, -0.25) is 0 Å². The third-order valence-electron chi connectivity index (χ3n) is 5.01. The first-order chi connectivity index (χ1) is 15.6. The highest BCUT2D eigenvalue weighted by Gasteiger charge is 2.44. The van der Waals surface area contributed by atoms with Crippen molar-refractivity contribution in [3.63, 3.8) is 0 Å². The molecule has 1 aliphatic rings. The standard InChI is InChI=1S/C22H19Cl2N3O4S/c23-16-3-1-15(2-4-16)22(13-27-8-7-25-14-27)28-10-18(31-22)11-29-30-12-21-26-19-6-5-17(24)9-20(19)32-21/h1-9,14,18H,10-13H2/t18-,22+/m0/s1. The van der Waals surface area contributed by atoms with E-state index in [1.54, 1.807) is 12.5 Å². The normalized spacial score (nSPS) is 20.9. The van der Waals surface area contributed by atoms with Crippen molar-refractivity contribution in [2.45, 2.75) is 25.0 Å². The lowest BCUT2D eigenvalue weighted by Crippen LogP contribution is -2.34. The zero-order valence-electron chi connectivity index (χ0n) is 16.8. The van der Waals surface area contributed by atoms with Gasteiger partial charge in [0.05, 0.1) is 29.7 Å². The second-order valence-corrected chi connectivity index (χ2v) is 9.30. The number of aromatic nitrogens is 3. The summed E-state index contributed by atoms with van der Waals surface area (Å²) in [5, 5.41) is 2.14. The number of nitrogens with zero attached hydrogens (tertiary/aromatic N) is 3. The summed E-state index contributed by atoms with van der Waals surface area (Å²) in [5.41, 5.74) is 1.75. The Bertz CT molecular complexity index is 1190. The van der Waals surface area contributed by atoms with Gasteiger partial charge in [0.15, 0.2) is 0 Å². The fourth-order valence-corrected chi connectivity index (χ4v) is 4.79.